The molecule has 1 aromatic heterocycles. The van der Waals surface area contributed by atoms with E-state index in [1.54, 1.807) is 4.68 Å². The molecule has 0 aliphatic heterocycles. The van der Waals surface area contributed by atoms with E-state index in [-0.39, 0.29) is 6.42 Å². The molecule has 0 saturated heterocycles. The molecule has 0 spiro atoms. The molecular formula is C19H18N3O2-. The Morgan fingerprint density at radius 1 is 1.12 bits per heavy atom. The number of aryl methyl sites for hydroxylation is 2. The predicted octanol–water partition coefficient (Wildman–Crippen LogP) is 2.53. The standard InChI is InChI=1S/C19H19N3O2/c1-13-10-15(11-14(2)17(13)12-19(23)24)20-18-8-9-22(21-18)16-6-4-3-5-7-16/h3-11H,12H2,1-2H3,(H,20,21)(H,23,24)/p-1. The number of anilines is 2. The normalized spacial score (nSPS) is 10.6. The van der Waals surface area contributed by atoms with Gasteiger partial charge in [-0.1, -0.05) is 18.2 Å². The number of nitrogens with one attached hydrogen (secondary N) is 1. The van der Waals surface area contributed by atoms with Gasteiger partial charge in [0, 0.05) is 30.3 Å². The number of benzene rings is 2. The lowest BCUT2D eigenvalue weighted by Crippen LogP contribution is -2.25. The minimum atomic E-state index is -1.07. The zero-order valence-corrected chi connectivity index (χ0v) is 13.6. The average Bonchev–Trinajstić information content (AvgIpc) is 3.00. The number of hydrogen-bond acceptors (Lipinski definition) is 4. The first-order chi connectivity index (χ1) is 11.5. The summed E-state index contributed by atoms with van der Waals surface area (Å²) in [5.41, 5.74) is 4.51. The number of carboxylic acids is 1. The van der Waals surface area contributed by atoms with Crippen LogP contribution in [0.3, 0.4) is 0 Å². The first-order valence-corrected chi connectivity index (χ1v) is 7.71. The molecule has 0 aliphatic rings. The molecule has 0 fully saturated rings. The van der Waals surface area contributed by atoms with E-state index in [1.807, 2.05) is 68.6 Å². The molecule has 0 bridgehead atoms. The van der Waals surface area contributed by atoms with E-state index >= 15 is 0 Å². The van der Waals surface area contributed by atoms with Gasteiger partial charge in [0.1, 0.15) is 0 Å². The van der Waals surface area contributed by atoms with E-state index in [0.717, 1.165) is 33.9 Å². The van der Waals surface area contributed by atoms with Crippen LogP contribution in [0.15, 0.2) is 54.7 Å². The highest BCUT2D eigenvalue weighted by Gasteiger charge is 2.07. The van der Waals surface area contributed by atoms with Crippen molar-refractivity contribution in [3.8, 4) is 5.69 Å². The van der Waals surface area contributed by atoms with Gasteiger partial charge in [0.25, 0.3) is 0 Å². The Morgan fingerprint density at radius 3 is 2.42 bits per heavy atom. The monoisotopic (exact) mass is 320 g/mol. The second-order valence-corrected chi connectivity index (χ2v) is 5.74. The average molecular weight is 320 g/mol. The summed E-state index contributed by atoms with van der Waals surface area (Å²) < 4.78 is 1.80. The molecule has 5 heteroatoms. The maximum atomic E-state index is 10.8. The summed E-state index contributed by atoms with van der Waals surface area (Å²) in [7, 11) is 0. The quantitative estimate of drug-likeness (QED) is 0.784. The van der Waals surface area contributed by atoms with Gasteiger partial charge in [0.2, 0.25) is 0 Å². The minimum Gasteiger partial charge on any atom is -0.550 e. The van der Waals surface area contributed by atoms with Crippen LogP contribution in [0.4, 0.5) is 11.5 Å². The number of carboxylic acid groups (broad SMARTS) is 1. The molecule has 2 aromatic carbocycles. The fourth-order valence-corrected chi connectivity index (χ4v) is 2.75. The Labute approximate surface area is 140 Å². The number of carbonyl (C=O) groups is 1. The Morgan fingerprint density at radius 2 is 1.79 bits per heavy atom. The first kappa shape index (κ1) is 15.8. The molecule has 24 heavy (non-hydrogen) atoms. The van der Waals surface area contributed by atoms with Gasteiger partial charge < -0.3 is 15.2 Å². The molecule has 0 amide bonds. The van der Waals surface area contributed by atoms with Crippen molar-refractivity contribution in [2.75, 3.05) is 5.32 Å². The summed E-state index contributed by atoms with van der Waals surface area (Å²) in [4.78, 5) is 10.8. The Balaban J connectivity index is 1.82. The van der Waals surface area contributed by atoms with E-state index in [4.69, 9.17) is 0 Å². The maximum Gasteiger partial charge on any atom is 0.152 e. The molecule has 3 aromatic rings. The predicted molar refractivity (Wildman–Crippen MR) is 91.5 cm³/mol. The summed E-state index contributed by atoms with van der Waals surface area (Å²) in [6.45, 7) is 3.80. The SMILES string of the molecule is Cc1cc(Nc2ccn(-c3ccccc3)n2)cc(C)c1CC(=O)[O-]. The van der Waals surface area contributed by atoms with E-state index in [2.05, 4.69) is 10.4 Å². The molecule has 0 saturated carbocycles. The minimum absolute atomic E-state index is 0.0689. The van der Waals surface area contributed by atoms with E-state index in [9.17, 15) is 9.90 Å². The summed E-state index contributed by atoms with van der Waals surface area (Å²) >= 11 is 0. The van der Waals surface area contributed by atoms with E-state index in [0.29, 0.717) is 0 Å². The van der Waals surface area contributed by atoms with Crippen molar-refractivity contribution < 1.29 is 9.90 Å². The summed E-state index contributed by atoms with van der Waals surface area (Å²) in [5, 5.41) is 18.6. The molecule has 122 valence electrons. The molecule has 0 unspecified atom stereocenters. The van der Waals surface area contributed by atoms with Crippen molar-refractivity contribution in [1.82, 2.24) is 9.78 Å². The Hall–Kier alpha value is -3.08. The van der Waals surface area contributed by atoms with Crippen LogP contribution in [0.1, 0.15) is 16.7 Å². The summed E-state index contributed by atoms with van der Waals surface area (Å²) in [6.07, 6.45) is 1.82. The maximum absolute atomic E-state index is 10.8. The van der Waals surface area contributed by atoms with Crippen LogP contribution in [0.2, 0.25) is 0 Å². The van der Waals surface area contributed by atoms with Crippen LogP contribution in [-0.2, 0) is 11.2 Å². The van der Waals surface area contributed by atoms with Gasteiger partial charge in [-0.3, -0.25) is 0 Å². The molecular weight excluding hydrogens is 302 g/mol. The highest BCUT2D eigenvalue weighted by molar-refractivity contribution is 5.71. The second kappa shape index (κ2) is 6.58. The number of aromatic nitrogens is 2. The molecule has 3 rings (SSSR count). The van der Waals surface area contributed by atoms with Crippen molar-refractivity contribution in [2.24, 2.45) is 0 Å². The fourth-order valence-electron chi connectivity index (χ4n) is 2.75. The van der Waals surface area contributed by atoms with Crippen LogP contribution in [-0.4, -0.2) is 15.7 Å². The Bertz CT molecular complexity index is 846. The number of aliphatic carboxylic acids is 1. The van der Waals surface area contributed by atoms with Gasteiger partial charge in [0.05, 0.1) is 5.69 Å². The smallest absolute Gasteiger partial charge is 0.152 e. The van der Waals surface area contributed by atoms with Crippen molar-refractivity contribution in [3.05, 3.63) is 71.4 Å². The molecule has 1 N–H and O–H groups in total. The Kier molecular flexibility index (Phi) is 4.33. The van der Waals surface area contributed by atoms with Gasteiger partial charge in [-0.25, -0.2) is 4.68 Å². The van der Waals surface area contributed by atoms with Crippen LogP contribution in [0.5, 0.6) is 0 Å². The first-order valence-electron chi connectivity index (χ1n) is 7.71. The van der Waals surface area contributed by atoms with Crippen molar-refractivity contribution >= 4 is 17.5 Å². The third-order valence-corrected chi connectivity index (χ3v) is 3.90. The largest absolute Gasteiger partial charge is 0.550 e. The number of hydrogen-bond donors (Lipinski definition) is 1. The van der Waals surface area contributed by atoms with E-state index in [1.165, 1.54) is 0 Å². The third kappa shape index (κ3) is 3.46. The molecule has 5 nitrogen and oxygen atoms in total. The third-order valence-electron chi connectivity index (χ3n) is 3.90. The lowest BCUT2D eigenvalue weighted by Gasteiger charge is -2.13. The zero-order chi connectivity index (χ0) is 17.1. The fraction of sp³-hybridized carbons (Fsp3) is 0.158. The molecule has 0 atom stereocenters. The number of rotatable bonds is 5. The molecule has 1 heterocycles. The van der Waals surface area contributed by atoms with Gasteiger partial charge in [-0.2, -0.15) is 5.10 Å². The summed E-state index contributed by atoms with van der Waals surface area (Å²) in [5.74, 6) is -0.339. The topological polar surface area (TPSA) is 70.0 Å². The van der Waals surface area contributed by atoms with Crippen LogP contribution < -0.4 is 10.4 Å². The van der Waals surface area contributed by atoms with Crippen LogP contribution >= 0.6 is 0 Å². The van der Waals surface area contributed by atoms with Crippen molar-refractivity contribution in [2.45, 2.75) is 20.3 Å². The molecule has 0 radical (unpaired) electrons. The van der Waals surface area contributed by atoms with Gasteiger partial charge in [-0.05, 0) is 54.8 Å². The lowest BCUT2D eigenvalue weighted by molar-refractivity contribution is -0.304. The van der Waals surface area contributed by atoms with Gasteiger partial charge in [-0.15, -0.1) is 0 Å². The lowest BCUT2D eigenvalue weighted by atomic mass is 9.99. The molecule has 0 aliphatic carbocycles. The second-order valence-electron chi connectivity index (χ2n) is 5.74. The van der Waals surface area contributed by atoms with Gasteiger partial charge in [0.15, 0.2) is 5.82 Å². The van der Waals surface area contributed by atoms with Gasteiger partial charge >= 0.3 is 0 Å². The number of carbonyl (C=O) groups excluding carboxylic acids is 1. The number of nitrogens with zero attached hydrogens (tertiary/aromatic N) is 2. The number of para-hydroxylation sites is 1. The van der Waals surface area contributed by atoms with Crippen LogP contribution in [0.25, 0.3) is 5.69 Å². The highest BCUT2D eigenvalue weighted by atomic mass is 16.4. The van der Waals surface area contributed by atoms with Crippen LogP contribution in [0, 0.1) is 13.8 Å². The highest BCUT2D eigenvalue weighted by Crippen LogP contribution is 2.23. The summed E-state index contributed by atoms with van der Waals surface area (Å²) in [6, 6.07) is 15.6. The van der Waals surface area contributed by atoms with Crippen molar-refractivity contribution in [3.63, 3.8) is 0 Å². The van der Waals surface area contributed by atoms with E-state index < -0.39 is 5.97 Å². The van der Waals surface area contributed by atoms with Crippen molar-refractivity contribution in [1.29, 1.82) is 0 Å². The zero-order valence-electron chi connectivity index (χ0n) is 13.6.